The number of rotatable bonds is 22. The molecule has 4 N–H and O–H groups in total. The predicted molar refractivity (Wildman–Crippen MR) is 148 cm³/mol. The van der Waals surface area contributed by atoms with Gasteiger partial charge in [0.05, 0.1) is 0 Å². The largest absolute Gasteiger partial charge is 0.697 e. The summed E-state index contributed by atoms with van der Waals surface area (Å²) in [6.45, 7) is 4.93. The summed E-state index contributed by atoms with van der Waals surface area (Å²) in [6, 6.07) is 0. The smallest absolute Gasteiger partial charge is 0.396 e. The lowest BCUT2D eigenvalue weighted by atomic mass is 10.2. The standard InChI is InChI=1S/C13H23F3NO4P.C7H16O.C6H10F3NO2/c1-2-3-4-5-7-10-20-22(19)21-11-8-6-9-17-12(18)13(14,15)16;1-2-3-4-5-6-7-8;7-6(8,9)5(12)10-3-1-2-4-11/h2-11H2,1H3;8H,2-7H2,1H3;11H,1-4H2,(H,10,12)/p+1. The number of unbranched alkanes of at least 4 members (excludes halogenated alkanes) is 10. The van der Waals surface area contributed by atoms with Gasteiger partial charge >= 0.3 is 32.4 Å². The summed E-state index contributed by atoms with van der Waals surface area (Å²) in [6.07, 6.45) is 3.15. The van der Waals surface area contributed by atoms with E-state index in [2.05, 4.69) is 13.8 Å². The molecule has 0 rings (SSSR count). The highest BCUT2D eigenvalue weighted by Gasteiger charge is 2.38. The molecule has 0 aliphatic rings. The van der Waals surface area contributed by atoms with Crippen LogP contribution in [-0.4, -0.2) is 73.9 Å². The highest BCUT2D eigenvalue weighted by Crippen LogP contribution is 2.24. The first kappa shape index (κ1) is 44.9. The molecule has 0 aliphatic heterocycles. The maximum Gasteiger partial charge on any atom is 0.697 e. The van der Waals surface area contributed by atoms with E-state index in [0.29, 0.717) is 38.9 Å². The average molecular weight is 648 g/mol. The zero-order valence-corrected chi connectivity index (χ0v) is 25.7. The van der Waals surface area contributed by atoms with Crippen LogP contribution in [0.2, 0.25) is 0 Å². The molecule has 16 heteroatoms. The number of hydrogen-bond donors (Lipinski definition) is 4. The third-order valence-corrected chi connectivity index (χ3v) is 5.93. The Hall–Kier alpha value is -1.54. The first-order valence-corrected chi connectivity index (χ1v) is 15.5. The molecule has 0 aromatic heterocycles. The van der Waals surface area contributed by atoms with E-state index < -0.39 is 32.4 Å². The number of carbonyl (C=O) groups excluding carboxylic acids is 2. The maximum atomic E-state index is 11.9. The van der Waals surface area contributed by atoms with Gasteiger partial charge in [-0.05, 0) is 38.5 Å². The van der Waals surface area contributed by atoms with Gasteiger partial charge in [0.25, 0.3) is 0 Å². The quantitative estimate of drug-likeness (QED) is 0.0600. The van der Waals surface area contributed by atoms with Crippen molar-refractivity contribution < 1.29 is 59.8 Å². The summed E-state index contributed by atoms with van der Waals surface area (Å²) in [5.41, 5.74) is 0. The highest BCUT2D eigenvalue weighted by molar-refractivity contribution is 7.33. The molecule has 1 unspecified atom stereocenters. The van der Waals surface area contributed by atoms with Gasteiger partial charge in [0.1, 0.15) is 13.2 Å². The van der Waals surface area contributed by atoms with Gasteiger partial charge in [0.2, 0.25) is 0 Å². The van der Waals surface area contributed by atoms with Crippen LogP contribution in [0.5, 0.6) is 0 Å². The van der Waals surface area contributed by atoms with Crippen molar-refractivity contribution >= 4 is 20.1 Å². The second-order valence-corrected chi connectivity index (χ2v) is 10.1. The van der Waals surface area contributed by atoms with Crippen LogP contribution in [-0.2, 0) is 23.2 Å². The van der Waals surface area contributed by atoms with E-state index in [9.17, 15) is 40.5 Å². The molecule has 0 bridgehead atoms. The lowest BCUT2D eigenvalue weighted by molar-refractivity contribution is -0.173. The van der Waals surface area contributed by atoms with Crippen LogP contribution in [0.1, 0.15) is 104 Å². The molecule has 0 spiro atoms. The Balaban J connectivity index is -0.000000633. The van der Waals surface area contributed by atoms with E-state index in [0.717, 1.165) is 32.1 Å². The van der Waals surface area contributed by atoms with Crippen molar-refractivity contribution in [3.05, 3.63) is 0 Å². The first-order chi connectivity index (χ1) is 19.8. The Morgan fingerprint density at radius 2 is 0.929 bits per heavy atom. The number of nitrogens with one attached hydrogen (secondary N) is 2. The monoisotopic (exact) mass is 647 g/mol. The van der Waals surface area contributed by atoms with Crippen molar-refractivity contribution in [2.75, 3.05) is 39.5 Å². The summed E-state index contributed by atoms with van der Waals surface area (Å²) >= 11 is 0. The number of aliphatic hydroxyl groups excluding tert-OH is 2. The van der Waals surface area contributed by atoms with Crippen molar-refractivity contribution in [1.29, 1.82) is 0 Å². The van der Waals surface area contributed by atoms with Gasteiger partial charge < -0.3 is 20.8 Å². The summed E-state index contributed by atoms with van der Waals surface area (Å²) < 4.78 is 91.2. The van der Waals surface area contributed by atoms with Gasteiger partial charge in [-0.25, -0.2) is 0 Å². The number of carbonyl (C=O) groups is 2. The molecule has 0 aliphatic carbocycles. The molecule has 42 heavy (non-hydrogen) atoms. The number of hydrogen-bond acceptors (Lipinski definition) is 7. The summed E-state index contributed by atoms with van der Waals surface area (Å²) in [4.78, 5) is 20.6. The Morgan fingerprint density at radius 1 is 0.595 bits per heavy atom. The lowest BCUT2D eigenvalue weighted by Crippen LogP contribution is -2.37. The van der Waals surface area contributed by atoms with Gasteiger partial charge in [0, 0.05) is 30.9 Å². The minimum atomic E-state index is -4.86. The zero-order valence-electron chi connectivity index (χ0n) is 24.8. The van der Waals surface area contributed by atoms with Gasteiger partial charge in [0.15, 0.2) is 0 Å². The number of amides is 2. The van der Waals surface area contributed by atoms with E-state index in [1.807, 2.05) is 0 Å². The summed E-state index contributed by atoms with van der Waals surface area (Å²) in [5.74, 6) is -3.88. The van der Waals surface area contributed by atoms with E-state index in [1.165, 1.54) is 32.1 Å². The third-order valence-electron chi connectivity index (χ3n) is 5.14. The Labute approximate surface area is 246 Å². The molecule has 252 valence electrons. The predicted octanol–water partition coefficient (Wildman–Crippen LogP) is 6.49. The third kappa shape index (κ3) is 36.5. The Kier molecular flexibility index (Phi) is 33.0. The van der Waals surface area contributed by atoms with E-state index in [-0.39, 0.29) is 26.3 Å². The number of alkyl halides is 6. The highest BCUT2D eigenvalue weighted by atomic mass is 31.1. The molecular weight excluding hydrogens is 597 g/mol. The van der Waals surface area contributed by atoms with E-state index in [1.54, 1.807) is 10.6 Å². The van der Waals surface area contributed by atoms with Crippen molar-refractivity contribution in [2.24, 2.45) is 0 Å². The molecule has 0 saturated heterocycles. The summed E-state index contributed by atoms with van der Waals surface area (Å²) in [5, 5.41) is 20.1. The normalized spacial score (nSPS) is 11.5. The van der Waals surface area contributed by atoms with Gasteiger partial charge in [-0.1, -0.05) is 65.2 Å². The van der Waals surface area contributed by atoms with Crippen molar-refractivity contribution in [3.63, 3.8) is 0 Å². The minimum absolute atomic E-state index is 0.0566. The maximum absolute atomic E-state index is 11.9. The Morgan fingerprint density at radius 3 is 1.31 bits per heavy atom. The zero-order chi connectivity index (χ0) is 32.7. The van der Waals surface area contributed by atoms with Crippen molar-refractivity contribution in [1.82, 2.24) is 10.6 Å². The molecule has 0 fully saturated rings. The number of aliphatic hydroxyl groups is 2. The molecule has 9 nitrogen and oxygen atoms in total. The molecule has 0 heterocycles. The topological polar surface area (TPSA) is 134 Å². The van der Waals surface area contributed by atoms with Crippen LogP contribution in [0, 0.1) is 0 Å². The summed E-state index contributed by atoms with van der Waals surface area (Å²) in [7, 11) is -2.17. The first-order valence-electron chi connectivity index (χ1n) is 14.4. The number of halogens is 6. The van der Waals surface area contributed by atoms with Crippen LogP contribution >= 0.6 is 8.25 Å². The van der Waals surface area contributed by atoms with Crippen LogP contribution < -0.4 is 10.6 Å². The van der Waals surface area contributed by atoms with E-state index in [4.69, 9.17) is 19.3 Å². The minimum Gasteiger partial charge on any atom is -0.396 e. The van der Waals surface area contributed by atoms with Gasteiger partial charge in [-0.3, -0.25) is 9.59 Å². The molecule has 1 atom stereocenters. The molecule has 0 saturated carbocycles. The SMILES string of the molecule is CCCCCCCO.CCCCCCCO[P+](=O)OCCCCNC(=O)C(F)(F)F.O=C(NCCCCO)C(F)(F)F. The molecular formula is C26H50F6N2O7P+. The Bertz CT molecular complexity index is 652. The van der Waals surface area contributed by atoms with Crippen molar-refractivity contribution in [2.45, 2.75) is 116 Å². The van der Waals surface area contributed by atoms with Crippen LogP contribution in [0.4, 0.5) is 26.3 Å². The lowest BCUT2D eigenvalue weighted by Gasteiger charge is -2.06. The van der Waals surface area contributed by atoms with Gasteiger partial charge in [-0.15, -0.1) is 9.05 Å². The molecule has 0 radical (unpaired) electrons. The van der Waals surface area contributed by atoms with Gasteiger partial charge in [-0.2, -0.15) is 26.3 Å². The fourth-order valence-electron chi connectivity index (χ4n) is 2.80. The second-order valence-electron chi connectivity index (χ2n) is 9.09. The fraction of sp³-hybridized carbons (Fsp3) is 0.923. The van der Waals surface area contributed by atoms with Crippen molar-refractivity contribution in [3.8, 4) is 0 Å². The fourth-order valence-corrected chi connectivity index (χ4v) is 3.44. The van der Waals surface area contributed by atoms with Crippen LogP contribution in [0.3, 0.4) is 0 Å². The molecule has 2 amide bonds. The van der Waals surface area contributed by atoms with E-state index >= 15 is 0 Å². The second kappa shape index (κ2) is 30.9. The van der Waals surface area contributed by atoms with Crippen LogP contribution in [0.15, 0.2) is 0 Å². The van der Waals surface area contributed by atoms with Crippen LogP contribution in [0.25, 0.3) is 0 Å². The molecule has 0 aromatic rings. The average Bonchev–Trinajstić information content (AvgIpc) is 2.92. The molecule has 0 aromatic carbocycles.